The van der Waals surface area contributed by atoms with Crippen LogP contribution in [0.5, 0.6) is 0 Å². The maximum atomic E-state index is 11.4. The predicted molar refractivity (Wildman–Crippen MR) is 51.4 cm³/mol. The van der Waals surface area contributed by atoms with Crippen molar-refractivity contribution in [2.75, 3.05) is 26.8 Å². The van der Waals surface area contributed by atoms with Gasteiger partial charge in [-0.25, -0.2) is 0 Å². The molecule has 3 nitrogen and oxygen atoms in total. The average Bonchev–Trinajstić information content (AvgIpc) is 2.54. The van der Waals surface area contributed by atoms with Crippen LogP contribution in [0.2, 0.25) is 0 Å². The van der Waals surface area contributed by atoms with Crippen LogP contribution < -0.4 is 0 Å². The van der Waals surface area contributed by atoms with Crippen LogP contribution in [0.4, 0.5) is 0 Å². The lowest BCUT2D eigenvalue weighted by Crippen LogP contribution is -2.27. The van der Waals surface area contributed by atoms with E-state index in [1.54, 1.807) is 19.3 Å². The Hall–Kier alpha value is -0.830. The molecule has 1 unspecified atom stereocenters. The van der Waals surface area contributed by atoms with Crippen LogP contribution in [0.3, 0.4) is 0 Å². The highest BCUT2D eigenvalue weighted by Gasteiger charge is 2.24. The summed E-state index contributed by atoms with van der Waals surface area (Å²) in [6, 6.07) is 0. The number of amides is 1. The highest BCUT2D eigenvalue weighted by molar-refractivity contribution is 5.87. The summed E-state index contributed by atoms with van der Waals surface area (Å²) < 4.78 is 5.06. The zero-order valence-electron chi connectivity index (χ0n) is 8.32. The van der Waals surface area contributed by atoms with Gasteiger partial charge in [0.2, 0.25) is 5.91 Å². The largest absolute Gasteiger partial charge is 0.384 e. The molecule has 1 heterocycles. The maximum Gasteiger partial charge on any atom is 0.246 e. The van der Waals surface area contributed by atoms with Gasteiger partial charge >= 0.3 is 0 Å². The van der Waals surface area contributed by atoms with Gasteiger partial charge in [0, 0.05) is 26.1 Å². The fourth-order valence-electron chi connectivity index (χ4n) is 1.65. The Kier molecular flexibility index (Phi) is 3.96. The van der Waals surface area contributed by atoms with Gasteiger partial charge in [0.05, 0.1) is 6.61 Å². The molecule has 3 heteroatoms. The van der Waals surface area contributed by atoms with Crippen molar-refractivity contribution in [3.8, 4) is 0 Å². The van der Waals surface area contributed by atoms with E-state index < -0.39 is 0 Å². The Balaban J connectivity index is 2.36. The second kappa shape index (κ2) is 5.02. The van der Waals surface area contributed by atoms with E-state index >= 15 is 0 Å². The van der Waals surface area contributed by atoms with E-state index in [2.05, 4.69) is 0 Å². The van der Waals surface area contributed by atoms with Crippen molar-refractivity contribution in [3.05, 3.63) is 12.2 Å². The van der Waals surface area contributed by atoms with Gasteiger partial charge < -0.3 is 9.64 Å². The summed E-state index contributed by atoms with van der Waals surface area (Å²) in [6.45, 7) is 4.34. The van der Waals surface area contributed by atoms with Crippen LogP contribution in [0.1, 0.15) is 13.3 Å². The van der Waals surface area contributed by atoms with E-state index in [0.29, 0.717) is 5.92 Å². The molecule has 0 saturated carbocycles. The third-order valence-electron chi connectivity index (χ3n) is 2.31. The molecule has 1 amide bonds. The van der Waals surface area contributed by atoms with Gasteiger partial charge in [-0.05, 0) is 19.4 Å². The zero-order valence-corrected chi connectivity index (χ0v) is 8.32. The lowest BCUT2D eigenvalue weighted by atomic mass is 10.1. The molecule has 0 bridgehead atoms. The molecule has 1 saturated heterocycles. The van der Waals surface area contributed by atoms with Gasteiger partial charge in [0.25, 0.3) is 0 Å². The Labute approximate surface area is 79.4 Å². The quantitative estimate of drug-likeness (QED) is 0.612. The first kappa shape index (κ1) is 10.3. The SMILES string of the molecule is CC=CC(=O)N1CCC(COC)C1. The van der Waals surface area contributed by atoms with Gasteiger partial charge in [-0.1, -0.05) is 6.08 Å². The van der Waals surface area contributed by atoms with Crippen LogP contribution in [0.15, 0.2) is 12.2 Å². The molecule has 1 fully saturated rings. The van der Waals surface area contributed by atoms with E-state index in [4.69, 9.17) is 4.74 Å². The number of carbonyl (C=O) groups is 1. The molecule has 0 spiro atoms. The number of allylic oxidation sites excluding steroid dienone is 1. The van der Waals surface area contributed by atoms with Crippen molar-refractivity contribution in [3.63, 3.8) is 0 Å². The van der Waals surface area contributed by atoms with Crippen LogP contribution in [0, 0.1) is 5.92 Å². The number of ether oxygens (including phenoxy) is 1. The molecule has 0 aliphatic carbocycles. The normalized spacial score (nSPS) is 22.9. The van der Waals surface area contributed by atoms with Crippen molar-refractivity contribution in [2.24, 2.45) is 5.92 Å². The molecular weight excluding hydrogens is 166 g/mol. The van der Waals surface area contributed by atoms with E-state index in [9.17, 15) is 4.79 Å². The second-order valence-corrected chi connectivity index (χ2v) is 3.39. The molecule has 1 rings (SSSR count). The first-order valence-electron chi connectivity index (χ1n) is 4.68. The zero-order chi connectivity index (χ0) is 9.68. The van der Waals surface area contributed by atoms with Crippen LogP contribution in [-0.2, 0) is 9.53 Å². The molecule has 1 aliphatic heterocycles. The first-order chi connectivity index (χ1) is 6.27. The van der Waals surface area contributed by atoms with Gasteiger partial charge in [0.15, 0.2) is 0 Å². The summed E-state index contributed by atoms with van der Waals surface area (Å²) in [5.41, 5.74) is 0. The van der Waals surface area contributed by atoms with Crippen molar-refractivity contribution >= 4 is 5.91 Å². The Morgan fingerprint density at radius 1 is 1.69 bits per heavy atom. The van der Waals surface area contributed by atoms with Gasteiger partial charge in [-0.2, -0.15) is 0 Å². The van der Waals surface area contributed by atoms with Crippen molar-refractivity contribution < 1.29 is 9.53 Å². The Morgan fingerprint density at radius 2 is 2.46 bits per heavy atom. The number of carbonyl (C=O) groups excluding carboxylic acids is 1. The smallest absolute Gasteiger partial charge is 0.246 e. The highest BCUT2D eigenvalue weighted by atomic mass is 16.5. The summed E-state index contributed by atoms with van der Waals surface area (Å²) >= 11 is 0. The van der Waals surface area contributed by atoms with Crippen molar-refractivity contribution in [1.82, 2.24) is 4.90 Å². The molecule has 0 aromatic rings. The van der Waals surface area contributed by atoms with Crippen LogP contribution in [-0.4, -0.2) is 37.6 Å². The topological polar surface area (TPSA) is 29.5 Å². The number of hydrogen-bond acceptors (Lipinski definition) is 2. The van der Waals surface area contributed by atoms with Crippen LogP contribution in [0.25, 0.3) is 0 Å². The fourth-order valence-corrected chi connectivity index (χ4v) is 1.65. The summed E-state index contributed by atoms with van der Waals surface area (Å²) in [5, 5.41) is 0. The molecule has 1 atom stereocenters. The Bertz CT molecular complexity index is 201. The summed E-state index contributed by atoms with van der Waals surface area (Å²) in [7, 11) is 1.70. The van der Waals surface area contributed by atoms with E-state index in [1.165, 1.54) is 0 Å². The third-order valence-corrected chi connectivity index (χ3v) is 2.31. The molecule has 0 N–H and O–H groups in total. The number of rotatable bonds is 3. The lowest BCUT2D eigenvalue weighted by Gasteiger charge is -2.13. The number of methoxy groups -OCH3 is 1. The maximum absolute atomic E-state index is 11.4. The van der Waals surface area contributed by atoms with Crippen LogP contribution >= 0.6 is 0 Å². The molecule has 0 aromatic heterocycles. The summed E-state index contributed by atoms with van der Waals surface area (Å²) in [4.78, 5) is 13.3. The average molecular weight is 183 g/mol. The van der Waals surface area contributed by atoms with E-state index in [1.807, 2.05) is 11.8 Å². The minimum Gasteiger partial charge on any atom is -0.384 e. The monoisotopic (exact) mass is 183 g/mol. The predicted octanol–water partition coefficient (Wildman–Crippen LogP) is 1.06. The molecule has 1 aliphatic rings. The van der Waals surface area contributed by atoms with E-state index in [-0.39, 0.29) is 5.91 Å². The van der Waals surface area contributed by atoms with Crippen molar-refractivity contribution in [2.45, 2.75) is 13.3 Å². The highest BCUT2D eigenvalue weighted by Crippen LogP contribution is 2.16. The third kappa shape index (κ3) is 2.84. The van der Waals surface area contributed by atoms with Gasteiger partial charge in [-0.3, -0.25) is 4.79 Å². The molecule has 0 aromatic carbocycles. The van der Waals surface area contributed by atoms with Crippen molar-refractivity contribution in [1.29, 1.82) is 0 Å². The standard InChI is InChI=1S/C10H17NO2/c1-3-4-10(12)11-6-5-9(7-11)8-13-2/h3-4,9H,5-8H2,1-2H3. The van der Waals surface area contributed by atoms with Gasteiger partial charge in [0.1, 0.15) is 0 Å². The summed E-state index contributed by atoms with van der Waals surface area (Å²) in [6.07, 6.45) is 4.47. The number of likely N-dealkylation sites (tertiary alicyclic amines) is 1. The molecular formula is C10H17NO2. The molecule has 74 valence electrons. The van der Waals surface area contributed by atoms with E-state index in [0.717, 1.165) is 26.1 Å². The first-order valence-corrected chi connectivity index (χ1v) is 4.68. The number of hydrogen-bond donors (Lipinski definition) is 0. The molecule has 0 radical (unpaired) electrons. The molecule has 13 heavy (non-hydrogen) atoms. The lowest BCUT2D eigenvalue weighted by molar-refractivity contribution is -0.125. The Morgan fingerprint density at radius 3 is 3.08 bits per heavy atom. The second-order valence-electron chi connectivity index (χ2n) is 3.39. The van der Waals surface area contributed by atoms with Gasteiger partial charge in [-0.15, -0.1) is 0 Å². The fraction of sp³-hybridized carbons (Fsp3) is 0.700. The summed E-state index contributed by atoms with van der Waals surface area (Å²) in [5.74, 6) is 0.653. The minimum absolute atomic E-state index is 0.126. The number of nitrogens with zero attached hydrogens (tertiary/aromatic N) is 1. The minimum atomic E-state index is 0.126.